The van der Waals surface area contributed by atoms with Crippen molar-refractivity contribution >= 4 is 104 Å². The number of hydrazone groups is 1. The summed E-state index contributed by atoms with van der Waals surface area (Å²) >= 11 is 0. The van der Waals surface area contributed by atoms with Crippen LogP contribution in [0, 0.1) is 0 Å². The van der Waals surface area contributed by atoms with Crippen molar-refractivity contribution in [3.8, 4) is 0 Å². The molecule has 0 unspecified atom stereocenters. The van der Waals surface area contributed by atoms with Gasteiger partial charge in [0.25, 0.3) is 0 Å². The van der Waals surface area contributed by atoms with Crippen molar-refractivity contribution in [2.75, 3.05) is 11.2 Å². The van der Waals surface area contributed by atoms with Crippen LogP contribution in [0.3, 0.4) is 0 Å². The first-order valence-corrected chi connectivity index (χ1v) is 20.1. The number of hydrogen-bond acceptors (Lipinski definition) is 17. The minimum absolute atomic E-state index is 0. The summed E-state index contributed by atoms with van der Waals surface area (Å²) in [7, 11) is -15.1. The van der Waals surface area contributed by atoms with Gasteiger partial charge in [-0.3, -0.25) is 10.2 Å². The summed E-state index contributed by atoms with van der Waals surface area (Å²) in [6.07, 6.45) is 0.990. The van der Waals surface area contributed by atoms with Crippen LogP contribution in [0.25, 0.3) is 27.6 Å². The first-order chi connectivity index (χ1) is 26.5. The van der Waals surface area contributed by atoms with E-state index in [4.69, 9.17) is 5.73 Å². The monoisotopic (exact) mass is 877 g/mol. The van der Waals surface area contributed by atoms with Gasteiger partial charge >= 0.3 is 88.7 Å². The minimum atomic E-state index is -5.22. The summed E-state index contributed by atoms with van der Waals surface area (Å²) < 4.78 is 109. The normalized spacial score (nSPS) is 13.8. The zero-order valence-electron chi connectivity index (χ0n) is 31.1. The second-order valence-electron chi connectivity index (χ2n) is 12.0. The maximum absolute atomic E-state index is 13.4. The van der Waals surface area contributed by atoms with Crippen molar-refractivity contribution in [3.05, 3.63) is 125 Å². The molecule has 0 atom stereocenters. The van der Waals surface area contributed by atoms with Gasteiger partial charge in [-0.15, -0.1) is 15.3 Å². The SMILES string of the molecule is Nc1ccc2c(c1)C(=O)C(=NNc1ccc(N=Nc3ccc(N=Nc4ccccc4)c4ccc(S(=O)(=O)[O-])cc34)c3cc(S(=O)(=O)[O-])ccc13)C(S(=O)(=O)[O-])=C2.[Na+].[Na+].[Na+]. The number of Topliss-reactive ketones (excluding diaryl/α,β-unsaturated/α-hetero) is 1. The number of carbonyl (C=O) groups excluding carboxylic acids is 1. The molecule has 6 aromatic rings. The minimum Gasteiger partial charge on any atom is -0.744 e. The molecular weight excluding hydrogens is 856 g/mol. The Morgan fingerprint density at radius 2 is 1.07 bits per heavy atom. The standard InChI is InChI=1S/C36H25N7O10S3.3Na/c37-21-7-6-20-16-34(56(51,52)53)35(36(44)27(20)17-21)43-42-31-13-15-33(29-19-24(55(48,49)50)9-11-26(29)31)41-40-32-14-12-30(39-38-22-4-2-1-3-5-22)25-10-8-23(18-28(25)32)54(45,46)47;;;/h1-19,42H,37H2,(H,45,46,47)(H,48,49,50)(H,51,52,53);;;/q;3*+1/p-3. The molecule has 0 saturated carbocycles. The third-order valence-corrected chi connectivity index (χ3v) is 10.9. The molecule has 282 valence electrons. The number of hydrogen-bond donors (Lipinski definition) is 2. The van der Waals surface area contributed by atoms with Gasteiger partial charge in [0.15, 0.2) is 0 Å². The van der Waals surface area contributed by atoms with E-state index in [0.717, 1.165) is 30.3 Å². The number of azo groups is 2. The summed E-state index contributed by atoms with van der Waals surface area (Å²) in [5.74, 6) is -0.918. The summed E-state index contributed by atoms with van der Waals surface area (Å²) in [5.41, 5.74) is 8.88. The van der Waals surface area contributed by atoms with Crippen LogP contribution in [0.1, 0.15) is 15.9 Å². The molecule has 0 aromatic heterocycles. The molecule has 0 aliphatic heterocycles. The summed E-state index contributed by atoms with van der Waals surface area (Å²) in [4.78, 5) is 11.3. The second-order valence-corrected chi connectivity index (χ2v) is 16.1. The quantitative estimate of drug-likeness (QED) is 0.0514. The maximum Gasteiger partial charge on any atom is 1.00 e. The second kappa shape index (κ2) is 19.0. The van der Waals surface area contributed by atoms with Gasteiger partial charge in [0.2, 0.25) is 5.78 Å². The molecule has 1 aliphatic carbocycles. The Balaban J connectivity index is 0.00000256. The zero-order valence-corrected chi connectivity index (χ0v) is 39.5. The van der Waals surface area contributed by atoms with E-state index < -0.39 is 56.5 Å². The number of benzene rings is 6. The van der Waals surface area contributed by atoms with Crippen molar-refractivity contribution in [2.45, 2.75) is 9.79 Å². The molecule has 17 nitrogen and oxygen atoms in total. The van der Waals surface area contributed by atoms with E-state index in [0.29, 0.717) is 16.8 Å². The van der Waals surface area contributed by atoms with Crippen LogP contribution in [-0.2, 0) is 30.4 Å². The average Bonchev–Trinajstić information content (AvgIpc) is 3.15. The Kier molecular flexibility index (Phi) is 15.5. The number of ketones is 1. The van der Waals surface area contributed by atoms with Gasteiger partial charge in [-0.05, 0) is 84.4 Å². The predicted molar refractivity (Wildman–Crippen MR) is 203 cm³/mol. The number of fused-ring (bicyclic) bond motifs is 3. The van der Waals surface area contributed by atoms with Crippen molar-refractivity contribution < 1.29 is 132 Å². The van der Waals surface area contributed by atoms with Crippen LogP contribution in [0.5, 0.6) is 0 Å². The van der Waals surface area contributed by atoms with E-state index in [2.05, 4.69) is 31.0 Å². The first-order valence-electron chi connectivity index (χ1n) is 15.9. The zero-order chi connectivity index (χ0) is 40.0. The molecule has 0 amide bonds. The number of carbonyl (C=O) groups is 1. The smallest absolute Gasteiger partial charge is 0.744 e. The molecule has 0 radical (unpaired) electrons. The molecule has 23 heteroatoms. The number of nitrogens with two attached hydrogens (primary N) is 1. The number of nitrogens with one attached hydrogen (secondary N) is 1. The Morgan fingerprint density at radius 1 is 0.542 bits per heavy atom. The molecule has 0 fully saturated rings. The Labute approximate surface area is 403 Å². The molecule has 6 aromatic carbocycles. The van der Waals surface area contributed by atoms with Gasteiger partial charge < -0.3 is 19.4 Å². The molecule has 0 heterocycles. The van der Waals surface area contributed by atoms with Gasteiger partial charge in [0.1, 0.15) is 36.1 Å². The Bertz CT molecular complexity index is 3130. The molecule has 0 bridgehead atoms. The maximum atomic E-state index is 13.4. The third-order valence-electron chi connectivity index (χ3n) is 8.39. The number of nitrogens with zero attached hydrogens (tertiary/aromatic N) is 5. The van der Waals surface area contributed by atoms with Crippen molar-refractivity contribution in [3.63, 3.8) is 0 Å². The number of anilines is 2. The number of nitrogen functional groups attached to an aromatic ring is 1. The predicted octanol–water partition coefficient (Wildman–Crippen LogP) is -2.22. The van der Waals surface area contributed by atoms with E-state index >= 15 is 0 Å². The fourth-order valence-electron chi connectivity index (χ4n) is 5.75. The van der Waals surface area contributed by atoms with Crippen LogP contribution in [-0.4, -0.2) is 50.4 Å². The van der Waals surface area contributed by atoms with Crippen LogP contribution in [0.2, 0.25) is 0 Å². The van der Waals surface area contributed by atoms with E-state index in [1.807, 2.05) is 0 Å². The molecule has 59 heavy (non-hydrogen) atoms. The Hall–Kier alpha value is -3.55. The van der Waals surface area contributed by atoms with Crippen LogP contribution in [0.15, 0.2) is 149 Å². The molecule has 1 aliphatic rings. The third kappa shape index (κ3) is 10.7. The Morgan fingerprint density at radius 3 is 1.64 bits per heavy atom. The topological polar surface area (TPSA) is 289 Å². The van der Waals surface area contributed by atoms with E-state index in [1.54, 1.807) is 30.3 Å². The van der Waals surface area contributed by atoms with Gasteiger partial charge in [0, 0.05) is 32.8 Å². The summed E-state index contributed by atoms with van der Waals surface area (Å²) in [5, 5.41) is 21.6. The van der Waals surface area contributed by atoms with Crippen LogP contribution >= 0.6 is 0 Å². The average molecular weight is 878 g/mol. The van der Waals surface area contributed by atoms with E-state index in [9.17, 15) is 43.7 Å². The van der Waals surface area contributed by atoms with E-state index in [1.165, 1.54) is 54.6 Å². The van der Waals surface area contributed by atoms with Gasteiger partial charge in [-0.1, -0.05) is 36.4 Å². The summed E-state index contributed by atoms with van der Waals surface area (Å²) in [6.45, 7) is 0. The van der Waals surface area contributed by atoms with Crippen LogP contribution in [0.4, 0.5) is 34.1 Å². The van der Waals surface area contributed by atoms with Crippen molar-refractivity contribution in [2.24, 2.45) is 25.6 Å². The molecule has 0 spiro atoms. The first kappa shape index (κ1) is 48.1. The van der Waals surface area contributed by atoms with E-state index in [-0.39, 0.29) is 139 Å². The van der Waals surface area contributed by atoms with Gasteiger partial charge in [0.05, 0.1) is 43.1 Å². The number of rotatable bonds is 9. The molecule has 3 N–H and O–H groups in total. The van der Waals surface area contributed by atoms with Crippen molar-refractivity contribution in [1.82, 2.24) is 0 Å². The summed E-state index contributed by atoms with van der Waals surface area (Å²) in [6, 6.07) is 25.3. The van der Waals surface area contributed by atoms with Crippen molar-refractivity contribution in [1.29, 1.82) is 0 Å². The fourth-order valence-corrected chi connectivity index (χ4v) is 7.39. The molecule has 0 saturated heterocycles. The van der Waals surface area contributed by atoms with Crippen LogP contribution < -0.4 is 99.8 Å². The molecule has 7 rings (SSSR count). The fraction of sp³-hybridized carbons (Fsp3) is 0. The number of allylic oxidation sites excluding steroid dienone is 1. The van der Waals surface area contributed by atoms with Gasteiger partial charge in [-0.25, -0.2) is 25.3 Å². The largest absolute Gasteiger partial charge is 1.00 e. The van der Waals surface area contributed by atoms with Gasteiger partial charge in [-0.2, -0.15) is 10.2 Å². The molecular formula is C36H22N7Na3O10S3.